The van der Waals surface area contributed by atoms with Crippen molar-refractivity contribution in [1.29, 1.82) is 0 Å². The Hall–Kier alpha value is -1.65. The zero-order chi connectivity index (χ0) is 14.1. The lowest BCUT2D eigenvalue weighted by atomic mass is 10.2. The third-order valence-corrected chi connectivity index (χ3v) is 4.34. The van der Waals surface area contributed by atoms with Gasteiger partial charge in [0, 0.05) is 28.7 Å². The fraction of sp³-hybridized carbons (Fsp3) is 0.133. The molecule has 0 aliphatic heterocycles. The molecule has 2 N–H and O–H groups in total. The van der Waals surface area contributed by atoms with Crippen molar-refractivity contribution in [1.82, 2.24) is 9.38 Å². The zero-order valence-corrected chi connectivity index (χ0v) is 12.6. The molecule has 0 bridgehead atoms. The average molecular weight is 304 g/mol. The summed E-state index contributed by atoms with van der Waals surface area (Å²) in [7, 11) is 0. The number of nitrogen functional groups attached to an aromatic ring is 1. The quantitative estimate of drug-likeness (QED) is 0.583. The minimum Gasteiger partial charge on any atom is -0.398 e. The SMILES string of the molecule is Cc1ccc(N)c(SCc2cn3cc(Cl)ccc3n2)c1. The van der Waals surface area contributed by atoms with E-state index in [0.717, 1.165) is 27.7 Å². The largest absolute Gasteiger partial charge is 0.398 e. The van der Waals surface area contributed by atoms with Crippen molar-refractivity contribution in [2.45, 2.75) is 17.6 Å². The molecule has 5 heteroatoms. The van der Waals surface area contributed by atoms with Gasteiger partial charge >= 0.3 is 0 Å². The minimum atomic E-state index is 0.706. The molecule has 0 aliphatic rings. The van der Waals surface area contributed by atoms with Gasteiger partial charge in [-0.2, -0.15) is 0 Å². The monoisotopic (exact) mass is 303 g/mol. The summed E-state index contributed by atoms with van der Waals surface area (Å²) in [6.07, 6.45) is 3.86. The molecule has 20 heavy (non-hydrogen) atoms. The van der Waals surface area contributed by atoms with Gasteiger partial charge in [0.05, 0.1) is 10.7 Å². The number of hydrogen-bond donors (Lipinski definition) is 1. The van der Waals surface area contributed by atoms with E-state index in [0.29, 0.717) is 5.02 Å². The number of aryl methyl sites for hydroxylation is 1. The first-order chi connectivity index (χ1) is 9.61. The van der Waals surface area contributed by atoms with Crippen molar-refractivity contribution in [3.8, 4) is 0 Å². The number of hydrogen-bond acceptors (Lipinski definition) is 3. The molecule has 0 atom stereocenters. The fourth-order valence-corrected chi connectivity index (χ4v) is 3.12. The van der Waals surface area contributed by atoms with E-state index in [9.17, 15) is 0 Å². The van der Waals surface area contributed by atoms with E-state index >= 15 is 0 Å². The summed E-state index contributed by atoms with van der Waals surface area (Å²) in [6, 6.07) is 9.83. The number of rotatable bonds is 3. The number of imidazole rings is 1. The number of nitrogens with two attached hydrogens (primary N) is 1. The fourth-order valence-electron chi connectivity index (χ4n) is 2.01. The van der Waals surface area contributed by atoms with Gasteiger partial charge in [-0.3, -0.25) is 0 Å². The molecule has 0 saturated heterocycles. The molecule has 3 rings (SSSR count). The zero-order valence-electron chi connectivity index (χ0n) is 11.0. The number of halogens is 1. The predicted octanol–water partition coefficient (Wildman–Crippen LogP) is 4.17. The summed E-state index contributed by atoms with van der Waals surface area (Å²) in [4.78, 5) is 5.66. The van der Waals surface area contributed by atoms with Gasteiger partial charge in [-0.15, -0.1) is 11.8 Å². The summed E-state index contributed by atoms with van der Waals surface area (Å²) in [6.45, 7) is 2.07. The van der Waals surface area contributed by atoms with Crippen molar-refractivity contribution in [3.63, 3.8) is 0 Å². The van der Waals surface area contributed by atoms with Gasteiger partial charge in [0.2, 0.25) is 0 Å². The van der Waals surface area contributed by atoms with E-state index in [1.165, 1.54) is 5.56 Å². The van der Waals surface area contributed by atoms with Crippen LogP contribution in [0.2, 0.25) is 5.02 Å². The lowest BCUT2D eigenvalue weighted by molar-refractivity contribution is 1.18. The Kier molecular flexibility index (Phi) is 3.59. The van der Waals surface area contributed by atoms with Gasteiger partial charge in [0.15, 0.2) is 0 Å². The number of nitrogens with zero attached hydrogens (tertiary/aromatic N) is 2. The number of anilines is 1. The maximum Gasteiger partial charge on any atom is 0.137 e. The second-order valence-corrected chi connectivity index (χ2v) is 6.13. The van der Waals surface area contributed by atoms with Crippen LogP contribution >= 0.6 is 23.4 Å². The van der Waals surface area contributed by atoms with Crippen molar-refractivity contribution in [2.75, 3.05) is 5.73 Å². The van der Waals surface area contributed by atoms with Gasteiger partial charge in [-0.05, 0) is 36.8 Å². The van der Waals surface area contributed by atoms with Crippen LogP contribution in [0.15, 0.2) is 47.6 Å². The van der Waals surface area contributed by atoms with E-state index in [1.807, 2.05) is 41.1 Å². The highest BCUT2D eigenvalue weighted by molar-refractivity contribution is 7.98. The maximum atomic E-state index is 5.98. The van der Waals surface area contributed by atoms with Crippen molar-refractivity contribution in [3.05, 3.63) is 59.0 Å². The normalized spacial score (nSPS) is 11.1. The van der Waals surface area contributed by atoms with E-state index in [4.69, 9.17) is 17.3 Å². The van der Waals surface area contributed by atoms with Crippen LogP contribution in [-0.4, -0.2) is 9.38 Å². The Morgan fingerprint density at radius 3 is 2.95 bits per heavy atom. The third-order valence-electron chi connectivity index (χ3n) is 3.01. The summed E-state index contributed by atoms with van der Waals surface area (Å²) >= 11 is 7.67. The van der Waals surface area contributed by atoms with Crippen LogP contribution in [0.1, 0.15) is 11.3 Å². The topological polar surface area (TPSA) is 43.3 Å². The van der Waals surface area contributed by atoms with Crippen LogP contribution in [0.3, 0.4) is 0 Å². The van der Waals surface area contributed by atoms with Crippen molar-refractivity contribution >= 4 is 34.7 Å². The molecule has 2 heterocycles. The van der Waals surface area contributed by atoms with E-state index < -0.39 is 0 Å². The van der Waals surface area contributed by atoms with E-state index in [2.05, 4.69) is 18.0 Å². The molecule has 0 fully saturated rings. The van der Waals surface area contributed by atoms with E-state index in [-0.39, 0.29) is 0 Å². The van der Waals surface area contributed by atoms with Crippen molar-refractivity contribution in [2.24, 2.45) is 0 Å². The average Bonchev–Trinajstić information content (AvgIpc) is 2.81. The highest BCUT2D eigenvalue weighted by Gasteiger charge is 2.05. The van der Waals surface area contributed by atoms with Crippen LogP contribution in [0.5, 0.6) is 0 Å². The van der Waals surface area contributed by atoms with Crippen LogP contribution in [0.4, 0.5) is 5.69 Å². The maximum absolute atomic E-state index is 5.98. The lowest BCUT2D eigenvalue weighted by Crippen LogP contribution is -1.89. The first kappa shape index (κ1) is 13.3. The minimum absolute atomic E-state index is 0.706. The third kappa shape index (κ3) is 2.76. The molecule has 2 aromatic heterocycles. The number of pyridine rings is 1. The summed E-state index contributed by atoms with van der Waals surface area (Å²) in [5.74, 6) is 0.785. The van der Waals surface area contributed by atoms with Crippen LogP contribution < -0.4 is 5.73 Å². The van der Waals surface area contributed by atoms with Crippen LogP contribution in [-0.2, 0) is 5.75 Å². The van der Waals surface area contributed by atoms with Gasteiger partial charge in [-0.25, -0.2) is 4.98 Å². The van der Waals surface area contributed by atoms with E-state index in [1.54, 1.807) is 11.8 Å². The molecule has 0 amide bonds. The summed E-state index contributed by atoms with van der Waals surface area (Å²) < 4.78 is 1.94. The smallest absolute Gasteiger partial charge is 0.137 e. The number of aromatic nitrogens is 2. The lowest BCUT2D eigenvalue weighted by Gasteiger charge is -2.05. The number of benzene rings is 1. The second-order valence-electron chi connectivity index (χ2n) is 4.67. The number of fused-ring (bicyclic) bond motifs is 1. The molecule has 3 nitrogen and oxygen atoms in total. The molecule has 0 spiro atoms. The molecule has 102 valence electrons. The molecule has 0 aliphatic carbocycles. The Morgan fingerprint density at radius 2 is 2.10 bits per heavy atom. The Morgan fingerprint density at radius 1 is 1.25 bits per heavy atom. The Balaban J connectivity index is 1.81. The van der Waals surface area contributed by atoms with Crippen molar-refractivity contribution < 1.29 is 0 Å². The Labute approximate surface area is 126 Å². The molecular weight excluding hydrogens is 290 g/mol. The molecular formula is C15H14ClN3S. The molecule has 0 saturated carbocycles. The van der Waals surface area contributed by atoms with Gasteiger partial charge in [0.1, 0.15) is 5.65 Å². The van der Waals surface area contributed by atoms with Gasteiger partial charge in [-0.1, -0.05) is 17.7 Å². The molecule has 1 aromatic carbocycles. The molecule has 3 aromatic rings. The summed E-state index contributed by atoms with van der Waals surface area (Å²) in [5, 5.41) is 0.706. The first-order valence-electron chi connectivity index (χ1n) is 6.24. The Bertz CT molecular complexity index is 767. The van der Waals surface area contributed by atoms with Gasteiger partial charge in [0.25, 0.3) is 0 Å². The standard InChI is InChI=1S/C15H14ClN3S/c1-10-2-4-13(17)14(6-10)20-9-12-8-19-7-11(16)3-5-15(19)18-12/h2-8H,9,17H2,1H3. The van der Waals surface area contributed by atoms with Crippen LogP contribution in [0.25, 0.3) is 5.65 Å². The highest BCUT2D eigenvalue weighted by atomic mass is 35.5. The van der Waals surface area contributed by atoms with Gasteiger partial charge < -0.3 is 10.1 Å². The molecule has 0 unspecified atom stereocenters. The predicted molar refractivity (Wildman–Crippen MR) is 85.4 cm³/mol. The highest BCUT2D eigenvalue weighted by Crippen LogP contribution is 2.28. The first-order valence-corrected chi connectivity index (χ1v) is 7.60. The number of thioether (sulfide) groups is 1. The molecule has 0 radical (unpaired) electrons. The second kappa shape index (κ2) is 5.38. The van der Waals surface area contributed by atoms with Crippen LogP contribution in [0, 0.1) is 6.92 Å². The summed E-state index contributed by atoms with van der Waals surface area (Å²) in [5.41, 5.74) is 9.93.